The van der Waals surface area contributed by atoms with Gasteiger partial charge in [0.2, 0.25) is 5.91 Å². The fraction of sp³-hybridized carbons (Fsp3) is 0.235. The molecule has 0 aromatic heterocycles. The van der Waals surface area contributed by atoms with Crippen molar-refractivity contribution in [2.24, 2.45) is 0 Å². The number of benzene rings is 2. The highest BCUT2D eigenvalue weighted by molar-refractivity contribution is 5.92. The maximum Gasteiger partial charge on any atom is 0.430 e. The minimum absolute atomic E-state index is 0.104. The molecule has 2 aromatic carbocycles. The number of nitro groups is 1. The van der Waals surface area contributed by atoms with Gasteiger partial charge in [-0.05, 0) is 17.7 Å². The van der Waals surface area contributed by atoms with Gasteiger partial charge in [0.05, 0.1) is 11.3 Å². The molecular formula is C17H12F6N2O4. The van der Waals surface area contributed by atoms with Crippen LogP contribution in [0.2, 0.25) is 0 Å². The summed E-state index contributed by atoms with van der Waals surface area (Å²) >= 11 is 0. The van der Waals surface area contributed by atoms with Crippen LogP contribution in [-0.2, 0) is 16.8 Å². The number of hydrogen-bond donors (Lipinski definition) is 2. The Morgan fingerprint density at radius 2 is 1.41 bits per heavy atom. The number of nitrogens with one attached hydrogen (secondary N) is 1. The number of anilines is 1. The molecule has 0 aliphatic carbocycles. The van der Waals surface area contributed by atoms with Crippen LogP contribution in [0.5, 0.6) is 0 Å². The number of non-ortho nitro benzene ring substituents is 1. The molecule has 0 saturated carbocycles. The molecule has 0 fully saturated rings. The Morgan fingerprint density at radius 3 is 1.83 bits per heavy atom. The van der Waals surface area contributed by atoms with E-state index in [1.807, 2.05) is 0 Å². The Balaban J connectivity index is 2.14. The molecule has 2 rings (SSSR count). The lowest BCUT2D eigenvalue weighted by Gasteiger charge is -2.32. The molecule has 2 N–H and O–H groups in total. The van der Waals surface area contributed by atoms with E-state index in [1.54, 1.807) is 0 Å². The fourth-order valence-electron chi connectivity index (χ4n) is 2.41. The summed E-state index contributed by atoms with van der Waals surface area (Å²) < 4.78 is 77.0. The van der Waals surface area contributed by atoms with Crippen LogP contribution in [0.25, 0.3) is 0 Å². The van der Waals surface area contributed by atoms with E-state index in [2.05, 4.69) is 5.32 Å². The normalized spacial score (nSPS) is 12.5. The summed E-state index contributed by atoms with van der Waals surface area (Å²) in [5.74, 6) is -0.659. The van der Waals surface area contributed by atoms with Crippen molar-refractivity contribution in [1.29, 1.82) is 0 Å². The number of nitro benzene ring substituents is 1. The van der Waals surface area contributed by atoms with E-state index in [1.165, 1.54) is 24.3 Å². The van der Waals surface area contributed by atoms with E-state index >= 15 is 0 Å². The molecule has 0 bridgehead atoms. The van der Waals surface area contributed by atoms with Crippen molar-refractivity contribution in [2.45, 2.75) is 24.4 Å². The van der Waals surface area contributed by atoms with Crippen LogP contribution in [0.3, 0.4) is 0 Å². The van der Waals surface area contributed by atoms with Crippen LogP contribution < -0.4 is 5.32 Å². The van der Waals surface area contributed by atoms with E-state index in [4.69, 9.17) is 0 Å². The topological polar surface area (TPSA) is 92.5 Å². The van der Waals surface area contributed by atoms with Crippen molar-refractivity contribution in [3.8, 4) is 0 Å². The maximum absolute atomic E-state index is 12.8. The van der Waals surface area contributed by atoms with E-state index < -0.39 is 34.3 Å². The number of halogens is 6. The molecule has 2 aromatic rings. The molecule has 0 heterocycles. The lowest BCUT2D eigenvalue weighted by Crippen LogP contribution is -2.53. The van der Waals surface area contributed by atoms with Crippen LogP contribution in [0.1, 0.15) is 11.1 Å². The first-order valence-electron chi connectivity index (χ1n) is 7.75. The molecule has 156 valence electrons. The summed E-state index contributed by atoms with van der Waals surface area (Å²) in [7, 11) is 0. The molecule has 0 spiro atoms. The lowest BCUT2D eigenvalue weighted by molar-refractivity contribution is -0.384. The molecule has 0 unspecified atom stereocenters. The van der Waals surface area contributed by atoms with Crippen LogP contribution >= 0.6 is 0 Å². The summed E-state index contributed by atoms with van der Waals surface area (Å²) in [4.78, 5) is 21.9. The number of nitrogens with zero attached hydrogens (tertiary/aromatic N) is 1. The zero-order valence-electron chi connectivity index (χ0n) is 14.2. The molecule has 0 aliphatic heterocycles. The molecule has 6 nitrogen and oxygen atoms in total. The molecule has 0 radical (unpaired) electrons. The molecular weight excluding hydrogens is 410 g/mol. The third-order valence-corrected chi connectivity index (χ3v) is 3.92. The summed E-state index contributed by atoms with van der Waals surface area (Å²) in [5, 5.41) is 22.1. The Kier molecular flexibility index (Phi) is 5.88. The second kappa shape index (κ2) is 7.70. The van der Waals surface area contributed by atoms with Crippen LogP contribution in [-0.4, -0.2) is 28.3 Å². The van der Waals surface area contributed by atoms with Gasteiger partial charge in [0.1, 0.15) is 0 Å². The molecule has 0 saturated heterocycles. The van der Waals surface area contributed by atoms with Crippen LogP contribution in [0, 0.1) is 10.1 Å². The van der Waals surface area contributed by atoms with Gasteiger partial charge in [-0.25, -0.2) is 0 Å². The van der Waals surface area contributed by atoms with Crippen molar-refractivity contribution in [1.82, 2.24) is 0 Å². The van der Waals surface area contributed by atoms with E-state index in [0.29, 0.717) is 17.7 Å². The smallest absolute Gasteiger partial charge is 0.369 e. The number of aliphatic hydroxyl groups is 1. The number of alkyl halides is 6. The van der Waals surface area contributed by atoms with Gasteiger partial charge in [-0.2, -0.15) is 26.3 Å². The predicted molar refractivity (Wildman–Crippen MR) is 87.9 cm³/mol. The summed E-state index contributed by atoms with van der Waals surface area (Å²) in [5.41, 5.74) is -6.40. The zero-order chi connectivity index (χ0) is 22.0. The minimum atomic E-state index is -6.01. The number of rotatable bonds is 5. The molecule has 12 heteroatoms. The van der Waals surface area contributed by atoms with Crippen molar-refractivity contribution >= 4 is 17.3 Å². The lowest BCUT2D eigenvalue weighted by atomic mass is 9.92. The van der Waals surface area contributed by atoms with E-state index in [9.17, 15) is 46.4 Å². The van der Waals surface area contributed by atoms with Gasteiger partial charge in [0.25, 0.3) is 11.3 Å². The second-order valence-electron chi connectivity index (χ2n) is 5.93. The van der Waals surface area contributed by atoms with Crippen LogP contribution in [0.4, 0.5) is 37.7 Å². The highest BCUT2D eigenvalue weighted by Gasteiger charge is 2.71. The molecule has 0 aliphatic rings. The van der Waals surface area contributed by atoms with Gasteiger partial charge < -0.3 is 10.4 Å². The molecule has 0 atom stereocenters. The Morgan fingerprint density at radius 1 is 0.931 bits per heavy atom. The number of hydrogen-bond acceptors (Lipinski definition) is 4. The van der Waals surface area contributed by atoms with Crippen molar-refractivity contribution < 1.29 is 41.2 Å². The highest BCUT2D eigenvalue weighted by atomic mass is 19.4. The largest absolute Gasteiger partial charge is 0.430 e. The highest BCUT2D eigenvalue weighted by Crippen LogP contribution is 2.50. The minimum Gasteiger partial charge on any atom is -0.369 e. The van der Waals surface area contributed by atoms with Crippen LogP contribution in [0.15, 0.2) is 48.5 Å². The second-order valence-corrected chi connectivity index (χ2v) is 5.93. The monoisotopic (exact) mass is 422 g/mol. The first kappa shape index (κ1) is 22.1. The third-order valence-electron chi connectivity index (χ3n) is 3.92. The standard InChI is InChI=1S/C17H12F6N2O4/c18-16(19,20)15(27,17(21,22)23)11-3-5-12(6-4-11)24-14(26)9-10-1-7-13(8-2-10)25(28)29/h1-8,27H,9H2,(H,24,26). The summed E-state index contributed by atoms with van der Waals surface area (Å²) in [6, 6.07) is 7.38. The van der Waals surface area contributed by atoms with Gasteiger partial charge in [0.15, 0.2) is 0 Å². The zero-order valence-corrected chi connectivity index (χ0v) is 14.2. The number of amides is 1. The van der Waals surface area contributed by atoms with Gasteiger partial charge in [-0.1, -0.05) is 24.3 Å². The third kappa shape index (κ3) is 4.65. The molecule has 29 heavy (non-hydrogen) atoms. The van der Waals surface area contributed by atoms with E-state index in [0.717, 1.165) is 12.1 Å². The fourth-order valence-corrected chi connectivity index (χ4v) is 2.41. The van der Waals surface area contributed by atoms with Gasteiger partial charge in [-0.15, -0.1) is 0 Å². The average molecular weight is 422 g/mol. The quantitative estimate of drug-likeness (QED) is 0.431. The van der Waals surface area contributed by atoms with E-state index in [-0.39, 0.29) is 17.8 Å². The SMILES string of the molecule is O=C(Cc1ccc([N+](=O)[O-])cc1)Nc1ccc(C(O)(C(F)(F)F)C(F)(F)F)cc1. The summed E-state index contributed by atoms with van der Waals surface area (Å²) in [6.45, 7) is 0. The van der Waals surface area contributed by atoms with Gasteiger partial charge in [-0.3, -0.25) is 14.9 Å². The number of carbonyl (C=O) groups is 1. The maximum atomic E-state index is 12.8. The van der Waals surface area contributed by atoms with Crippen molar-refractivity contribution in [3.05, 3.63) is 69.8 Å². The number of carbonyl (C=O) groups excluding carboxylic acids is 1. The molecule has 1 amide bonds. The predicted octanol–water partition coefficient (Wildman–Crippen LogP) is 4.09. The average Bonchev–Trinajstić information content (AvgIpc) is 2.60. The first-order valence-corrected chi connectivity index (χ1v) is 7.75. The Hall–Kier alpha value is -3.15. The Labute approximate surface area is 158 Å². The van der Waals surface area contributed by atoms with Crippen molar-refractivity contribution in [2.75, 3.05) is 5.32 Å². The summed E-state index contributed by atoms with van der Waals surface area (Å²) in [6.07, 6.45) is -12.3. The van der Waals surface area contributed by atoms with Gasteiger partial charge >= 0.3 is 12.4 Å². The Bertz CT molecular complexity index is 878. The van der Waals surface area contributed by atoms with Gasteiger partial charge in [0, 0.05) is 23.4 Å². The van der Waals surface area contributed by atoms with Crippen molar-refractivity contribution in [3.63, 3.8) is 0 Å². The first-order chi connectivity index (χ1) is 13.3.